The van der Waals surface area contributed by atoms with Crippen LogP contribution in [0, 0.1) is 0 Å². The molecule has 2 N–H and O–H groups in total. The van der Waals surface area contributed by atoms with E-state index in [1.807, 2.05) is 44.4 Å². The molecule has 0 bridgehead atoms. The first-order chi connectivity index (χ1) is 12.5. The van der Waals surface area contributed by atoms with Crippen LogP contribution in [-0.2, 0) is 13.0 Å². The lowest BCUT2D eigenvalue weighted by atomic mass is 10.1. The van der Waals surface area contributed by atoms with Crippen molar-refractivity contribution < 1.29 is 9.84 Å². The first-order valence-corrected chi connectivity index (χ1v) is 9.49. The van der Waals surface area contributed by atoms with Gasteiger partial charge in [0.05, 0.1) is 0 Å². The molecule has 0 aliphatic rings. The summed E-state index contributed by atoms with van der Waals surface area (Å²) < 4.78 is 6.68. The summed E-state index contributed by atoms with van der Waals surface area (Å²) in [5.41, 5.74) is 3.05. The molecule has 0 aliphatic carbocycles. The zero-order chi connectivity index (χ0) is 18.9. The van der Waals surface area contributed by atoms with E-state index in [-0.39, 0.29) is 5.76 Å². The standard InChI is InChI=1S/C21H27BrN2O2/c1-16(25)19-5-4-6-21(22)20(19)15-23-12-11-17-7-9-18(10-8-17)26-14-13-24(2)3/h4-10,23,25H,1,11-15H2,2-3H3. The minimum Gasteiger partial charge on any atom is -0.508 e. The van der Waals surface area contributed by atoms with Crippen LogP contribution < -0.4 is 10.1 Å². The van der Waals surface area contributed by atoms with Crippen LogP contribution in [0.4, 0.5) is 0 Å². The lowest BCUT2D eigenvalue weighted by molar-refractivity contribution is 0.261. The van der Waals surface area contributed by atoms with Gasteiger partial charge >= 0.3 is 0 Å². The number of likely N-dealkylation sites (N-methyl/N-ethyl adjacent to an activating group) is 1. The molecule has 0 radical (unpaired) electrons. The van der Waals surface area contributed by atoms with Gasteiger partial charge in [0.2, 0.25) is 0 Å². The third-order valence-electron chi connectivity index (χ3n) is 4.05. The van der Waals surface area contributed by atoms with Crippen molar-refractivity contribution in [1.29, 1.82) is 0 Å². The SMILES string of the molecule is C=C(O)c1cccc(Br)c1CNCCc1ccc(OCCN(C)C)cc1. The quantitative estimate of drug-likeness (QED) is 0.447. The van der Waals surface area contributed by atoms with Gasteiger partial charge in [-0.1, -0.05) is 46.8 Å². The Balaban J connectivity index is 1.79. The van der Waals surface area contributed by atoms with E-state index in [0.29, 0.717) is 13.2 Å². The summed E-state index contributed by atoms with van der Waals surface area (Å²) in [7, 11) is 4.07. The summed E-state index contributed by atoms with van der Waals surface area (Å²) in [6, 6.07) is 14.0. The minimum absolute atomic E-state index is 0.0907. The molecule has 0 aliphatic heterocycles. The van der Waals surface area contributed by atoms with Crippen LogP contribution in [0.25, 0.3) is 5.76 Å². The maximum absolute atomic E-state index is 9.72. The molecule has 0 atom stereocenters. The first kappa shape index (κ1) is 20.5. The topological polar surface area (TPSA) is 44.7 Å². The van der Waals surface area contributed by atoms with Gasteiger partial charge in [-0.25, -0.2) is 0 Å². The first-order valence-electron chi connectivity index (χ1n) is 8.70. The predicted molar refractivity (Wildman–Crippen MR) is 112 cm³/mol. The molecule has 140 valence electrons. The summed E-state index contributed by atoms with van der Waals surface area (Å²) in [4.78, 5) is 2.10. The molecule has 2 rings (SSSR count). The van der Waals surface area contributed by atoms with Crippen molar-refractivity contribution in [2.45, 2.75) is 13.0 Å². The minimum atomic E-state index is 0.0907. The molecular weight excluding hydrogens is 392 g/mol. The maximum atomic E-state index is 9.72. The molecule has 2 aromatic rings. The maximum Gasteiger partial charge on any atom is 0.119 e. The highest BCUT2D eigenvalue weighted by molar-refractivity contribution is 9.10. The summed E-state index contributed by atoms with van der Waals surface area (Å²) >= 11 is 3.54. The summed E-state index contributed by atoms with van der Waals surface area (Å²) in [6.45, 7) is 6.75. The number of benzene rings is 2. The van der Waals surface area contributed by atoms with Crippen molar-refractivity contribution >= 4 is 21.7 Å². The molecule has 2 aromatic carbocycles. The van der Waals surface area contributed by atoms with Gasteiger partial charge in [0, 0.05) is 23.1 Å². The smallest absolute Gasteiger partial charge is 0.119 e. The highest BCUT2D eigenvalue weighted by Gasteiger charge is 2.08. The van der Waals surface area contributed by atoms with Crippen LogP contribution in [0.3, 0.4) is 0 Å². The van der Waals surface area contributed by atoms with E-state index in [1.165, 1.54) is 5.56 Å². The van der Waals surface area contributed by atoms with E-state index in [0.717, 1.165) is 40.9 Å². The van der Waals surface area contributed by atoms with Crippen LogP contribution in [0.1, 0.15) is 16.7 Å². The number of hydrogen-bond acceptors (Lipinski definition) is 4. The molecular formula is C21H27BrN2O2. The Morgan fingerprint density at radius 1 is 1.19 bits per heavy atom. The molecule has 0 aromatic heterocycles. The number of aliphatic hydroxyl groups excluding tert-OH is 1. The Morgan fingerprint density at radius 2 is 1.92 bits per heavy atom. The Hall–Kier alpha value is -1.82. The number of nitrogens with one attached hydrogen (secondary N) is 1. The van der Waals surface area contributed by atoms with Gasteiger partial charge in [-0.05, 0) is 56.4 Å². The molecule has 26 heavy (non-hydrogen) atoms. The van der Waals surface area contributed by atoms with Crippen molar-refractivity contribution in [3.63, 3.8) is 0 Å². The fourth-order valence-corrected chi connectivity index (χ4v) is 3.06. The van der Waals surface area contributed by atoms with Crippen LogP contribution in [0.2, 0.25) is 0 Å². The van der Waals surface area contributed by atoms with E-state index in [9.17, 15) is 5.11 Å². The Bertz CT molecular complexity index is 714. The number of halogens is 1. The highest BCUT2D eigenvalue weighted by atomic mass is 79.9. The number of nitrogens with zero attached hydrogens (tertiary/aromatic N) is 1. The Morgan fingerprint density at radius 3 is 2.58 bits per heavy atom. The lowest BCUT2D eigenvalue weighted by Gasteiger charge is -2.12. The molecule has 0 unspecified atom stereocenters. The molecule has 0 heterocycles. The van der Waals surface area contributed by atoms with Crippen molar-refractivity contribution in [3.05, 3.63) is 70.2 Å². The van der Waals surface area contributed by atoms with Crippen LogP contribution in [0.5, 0.6) is 5.75 Å². The van der Waals surface area contributed by atoms with Gasteiger partial charge in [0.25, 0.3) is 0 Å². The normalized spacial score (nSPS) is 10.9. The third kappa shape index (κ3) is 6.48. The van der Waals surface area contributed by atoms with E-state index in [1.54, 1.807) is 0 Å². The second kappa shape index (κ2) is 10.4. The van der Waals surface area contributed by atoms with Gasteiger partial charge in [0.15, 0.2) is 0 Å². The predicted octanol–water partition coefficient (Wildman–Crippen LogP) is 4.25. The van der Waals surface area contributed by atoms with Gasteiger partial charge in [-0.15, -0.1) is 0 Å². The number of hydrogen-bond donors (Lipinski definition) is 2. The molecule has 0 saturated carbocycles. The number of rotatable bonds is 10. The highest BCUT2D eigenvalue weighted by Crippen LogP contribution is 2.24. The van der Waals surface area contributed by atoms with E-state index in [2.05, 4.69) is 44.9 Å². The third-order valence-corrected chi connectivity index (χ3v) is 4.80. The zero-order valence-electron chi connectivity index (χ0n) is 15.5. The summed E-state index contributed by atoms with van der Waals surface area (Å²) in [6.07, 6.45) is 0.928. The Labute approximate surface area is 164 Å². The molecule has 0 amide bonds. The summed E-state index contributed by atoms with van der Waals surface area (Å²) in [5, 5.41) is 13.2. The van der Waals surface area contributed by atoms with Crippen LogP contribution in [0.15, 0.2) is 53.5 Å². The molecule has 0 fully saturated rings. The monoisotopic (exact) mass is 418 g/mol. The average Bonchev–Trinajstić information content (AvgIpc) is 2.60. The van der Waals surface area contributed by atoms with E-state index < -0.39 is 0 Å². The van der Waals surface area contributed by atoms with Crippen molar-refractivity contribution in [2.75, 3.05) is 33.8 Å². The van der Waals surface area contributed by atoms with Crippen molar-refractivity contribution in [1.82, 2.24) is 10.2 Å². The molecule has 0 spiro atoms. The lowest BCUT2D eigenvalue weighted by Crippen LogP contribution is -2.19. The van der Waals surface area contributed by atoms with Gasteiger partial charge in [-0.2, -0.15) is 0 Å². The van der Waals surface area contributed by atoms with Crippen LogP contribution >= 0.6 is 15.9 Å². The van der Waals surface area contributed by atoms with Gasteiger partial charge < -0.3 is 20.1 Å². The second-order valence-corrected chi connectivity index (χ2v) is 7.29. The van der Waals surface area contributed by atoms with E-state index in [4.69, 9.17) is 4.74 Å². The fourth-order valence-electron chi connectivity index (χ4n) is 2.55. The van der Waals surface area contributed by atoms with Gasteiger partial charge in [0.1, 0.15) is 18.1 Å². The van der Waals surface area contributed by atoms with Gasteiger partial charge in [-0.3, -0.25) is 0 Å². The molecule has 0 saturated heterocycles. The van der Waals surface area contributed by atoms with Crippen molar-refractivity contribution in [2.24, 2.45) is 0 Å². The number of aliphatic hydroxyl groups is 1. The second-order valence-electron chi connectivity index (χ2n) is 6.44. The fraction of sp³-hybridized carbons (Fsp3) is 0.333. The van der Waals surface area contributed by atoms with Crippen LogP contribution in [-0.4, -0.2) is 43.8 Å². The van der Waals surface area contributed by atoms with Crippen molar-refractivity contribution in [3.8, 4) is 5.75 Å². The molecule has 5 heteroatoms. The average molecular weight is 419 g/mol. The summed E-state index contributed by atoms with van der Waals surface area (Å²) in [5.74, 6) is 0.996. The largest absolute Gasteiger partial charge is 0.508 e. The zero-order valence-corrected chi connectivity index (χ0v) is 17.1. The number of ether oxygens (including phenoxy) is 1. The Kier molecular flexibility index (Phi) is 8.16. The van der Waals surface area contributed by atoms with E-state index >= 15 is 0 Å². The molecule has 4 nitrogen and oxygen atoms in total.